The highest BCUT2D eigenvalue weighted by Gasteiger charge is 2.06. The summed E-state index contributed by atoms with van der Waals surface area (Å²) in [5.41, 5.74) is 7.92. The average Bonchev–Trinajstić information content (AvgIpc) is 2.48. The van der Waals surface area contributed by atoms with Crippen LogP contribution >= 0.6 is 0 Å². The predicted molar refractivity (Wildman–Crippen MR) is 82.3 cm³/mol. The third-order valence-corrected chi connectivity index (χ3v) is 3.04. The molecule has 0 radical (unpaired) electrons. The van der Waals surface area contributed by atoms with Gasteiger partial charge in [-0.25, -0.2) is 0 Å². The van der Waals surface area contributed by atoms with E-state index in [4.69, 9.17) is 15.2 Å². The molecule has 0 aliphatic rings. The number of ether oxygens (including phenoxy) is 2. The van der Waals surface area contributed by atoms with Crippen LogP contribution in [0.25, 0.3) is 0 Å². The van der Waals surface area contributed by atoms with Crippen molar-refractivity contribution in [1.82, 2.24) is 0 Å². The molecule has 0 aromatic heterocycles. The van der Waals surface area contributed by atoms with Gasteiger partial charge in [0.25, 0.3) is 0 Å². The fraction of sp³-hybridized carbons (Fsp3) is 0.294. The smallest absolute Gasteiger partial charge is 0.146 e. The molecule has 106 valence electrons. The minimum atomic E-state index is 0.578. The van der Waals surface area contributed by atoms with Gasteiger partial charge in [0.05, 0.1) is 13.2 Å². The van der Waals surface area contributed by atoms with Crippen molar-refractivity contribution in [1.29, 1.82) is 0 Å². The van der Waals surface area contributed by atoms with Crippen molar-refractivity contribution < 1.29 is 9.47 Å². The third kappa shape index (κ3) is 3.92. The van der Waals surface area contributed by atoms with Gasteiger partial charge in [-0.05, 0) is 37.5 Å². The molecule has 0 amide bonds. The fourth-order valence-corrected chi connectivity index (χ4v) is 2.03. The number of nitrogen functional groups attached to an aromatic ring is 1. The van der Waals surface area contributed by atoms with Crippen LogP contribution in [0.4, 0.5) is 5.69 Å². The van der Waals surface area contributed by atoms with E-state index in [2.05, 4.69) is 24.3 Å². The van der Waals surface area contributed by atoms with E-state index in [0.29, 0.717) is 30.4 Å². The Labute approximate surface area is 120 Å². The van der Waals surface area contributed by atoms with Crippen molar-refractivity contribution >= 4 is 5.69 Å². The minimum Gasteiger partial charge on any atom is -0.492 e. The van der Waals surface area contributed by atoms with Gasteiger partial charge in [-0.1, -0.05) is 36.4 Å². The van der Waals surface area contributed by atoms with E-state index < -0.39 is 0 Å². The number of hydrogen-bond acceptors (Lipinski definition) is 3. The van der Waals surface area contributed by atoms with Gasteiger partial charge in [-0.2, -0.15) is 0 Å². The molecule has 0 aliphatic heterocycles. The van der Waals surface area contributed by atoms with Gasteiger partial charge in [-0.15, -0.1) is 0 Å². The molecule has 0 fully saturated rings. The molecular formula is C17H21NO2. The zero-order valence-electron chi connectivity index (χ0n) is 11.8. The highest BCUT2D eigenvalue weighted by atomic mass is 16.5. The molecule has 20 heavy (non-hydrogen) atoms. The van der Waals surface area contributed by atoms with E-state index in [1.165, 1.54) is 5.56 Å². The summed E-state index contributed by atoms with van der Waals surface area (Å²) < 4.78 is 11.2. The Morgan fingerprint density at radius 1 is 0.900 bits per heavy atom. The summed E-state index contributed by atoms with van der Waals surface area (Å²) in [5.74, 6) is 1.39. The van der Waals surface area contributed by atoms with Crippen LogP contribution in [-0.4, -0.2) is 13.2 Å². The number of rotatable bonds is 7. The number of para-hydroxylation sites is 1. The Morgan fingerprint density at radius 2 is 1.60 bits per heavy atom. The van der Waals surface area contributed by atoms with Crippen molar-refractivity contribution in [3.8, 4) is 11.5 Å². The first-order valence-electron chi connectivity index (χ1n) is 6.99. The first-order chi connectivity index (χ1) is 9.81. The average molecular weight is 271 g/mol. The highest BCUT2D eigenvalue weighted by molar-refractivity contribution is 5.62. The van der Waals surface area contributed by atoms with Gasteiger partial charge in [0.2, 0.25) is 0 Å². The molecular weight excluding hydrogens is 250 g/mol. The molecule has 0 spiro atoms. The number of aryl methyl sites for hydroxylation is 1. The molecule has 0 heterocycles. The van der Waals surface area contributed by atoms with E-state index in [1.54, 1.807) is 0 Å². The maximum absolute atomic E-state index is 6.01. The number of hydrogen-bond donors (Lipinski definition) is 1. The lowest BCUT2D eigenvalue weighted by atomic mass is 10.1. The van der Waals surface area contributed by atoms with Gasteiger partial charge < -0.3 is 15.2 Å². The third-order valence-electron chi connectivity index (χ3n) is 3.04. The summed E-state index contributed by atoms with van der Waals surface area (Å²) in [6.45, 7) is 3.18. The standard InChI is InChI=1S/C17H21NO2/c1-2-19-15-11-6-12-16(17(15)18)20-13-7-10-14-8-4-3-5-9-14/h3-6,8-9,11-12H,2,7,10,13,18H2,1H3. The summed E-state index contributed by atoms with van der Waals surface area (Å²) >= 11 is 0. The van der Waals surface area contributed by atoms with Crippen molar-refractivity contribution in [2.75, 3.05) is 18.9 Å². The molecule has 0 bridgehead atoms. The molecule has 2 aromatic carbocycles. The summed E-state index contributed by atoms with van der Waals surface area (Å²) in [6.07, 6.45) is 1.97. The van der Waals surface area contributed by atoms with Crippen LogP contribution in [-0.2, 0) is 6.42 Å². The lowest BCUT2D eigenvalue weighted by Crippen LogP contribution is -2.03. The monoisotopic (exact) mass is 271 g/mol. The molecule has 0 unspecified atom stereocenters. The van der Waals surface area contributed by atoms with Gasteiger partial charge >= 0.3 is 0 Å². The maximum Gasteiger partial charge on any atom is 0.146 e. The molecule has 2 rings (SSSR count). The molecule has 0 aliphatic carbocycles. The summed E-state index contributed by atoms with van der Waals surface area (Å²) in [4.78, 5) is 0. The highest BCUT2D eigenvalue weighted by Crippen LogP contribution is 2.31. The van der Waals surface area contributed by atoms with Crippen LogP contribution in [0.5, 0.6) is 11.5 Å². The molecule has 0 saturated carbocycles. The van der Waals surface area contributed by atoms with E-state index in [0.717, 1.165) is 12.8 Å². The Hall–Kier alpha value is -2.16. The molecule has 3 heteroatoms. The lowest BCUT2D eigenvalue weighted by Gasteiger charge is -2.12. The van der Waals surface area contributed by atoms with Crippen LogP contribution < -0.4 is 15.2 Å². The van der Waals surface area contributed by atoms with Crippen molar-refractivity contribution in [2.45, 2.75) is 19.8 Å². The quantitative estimate of drug-likeness (QED) is 0.617. The molecule has 0 atom stereocenters. The van der Waals surface area contributed by atoms with E-state index in [1.807, 2.05) is 31.2 Å². The summed E-state index contributed by atoms with van der Waals surface area (Å²) in [6, 6.07) is 16.0. The fourth-order valence-electron chi connectivity index (χ4n) is 2.03. The largest absolute Gasteiger partial charge is 0.492 e. The van der Waals surface area contributed by atoms with Crippen molar-refractivity contribution in [3.05, 3.63) is 54.1 Å². The van der Waals surface area contributed by atoms with Crippen molar-refractivity contribution in [2.24, 2.45) is 0 Å². The Kier molecular flexibility index (Phi) is 5.30. The minimum absolute atomic E-state index is 0.578. The first-order valence-corrected chi connectivity index (χ1v) is 6.99. The van der Waals surface area contributed by atoms with Crippen LogP contribution in [0, 0.1) is 0 Å². The normalized spacial score (nSPS) is 10.2. The Bertz CT molecular complexity index is 526. The summed E-state index contributed by atoms with van der Waals surface area (Å²) in [5, 5.41) is 0. The number of benzene rings is 2. The van der Waals surface area contributed by atoms with E-state index >= 15 is 0 Å². The Morgan fingerprint density at radius 3 is 2.30 bits per heavy atom. The summed E-state index contributed by atoms with van der Waals surface area (Å²) in [7, 11) is 0. The topological polar surface area (TPSA) is 44.5 Å². The molecule has 2 aromatic rings. The Balaban J connectivity index is 1.83. The zero-order valence-corrected chi connectivity index (χ0v) is 11.8. The van der Waals surface area contributed by atoms with Crippen molar-refractivity contribution in [3.63, 3.8) is 0 Å². The second-order valence-electron chi connectivity index (χ2n) is 4.54. The second-order valence-corrected chi connectivity index (χ2v) is 4.54. The van der Waals surface area contributed by atoms with E-state index in [-0.39, 0.29) is 0 Å². The number of anilines is 1. The lowest BCUT2D eigenvalue weighted by molar-refractivity contribution is 0.306. The zero-order chi connectivity index (χ0) is 14.2. The van der Waals surface area contributed by atoms with Crippen LogP contribution in [0.15, 0.2) is 48.5 Å². The first kappa shape index (κ1) is 14.3. The molecule has 2 N–H and O–H groups in total. The predicted octanol–water partition coefficient (Wildman–Crippen LogP) is 3.68. The second kappa shape index (κ2) is 7.43. The number of nitrogens with two attached hydrogens (primary N) is 1. The van der Waals surface area contributed by atoms with Gasteiger partial charge in [0.1, 0.15) is 17.2 Å². The van der Waals surface area contributed by atoms with Crippen LogP contribution in [0.3, 0.4) is 0 Å². The molecule has 0 saturated heterocycles. The van der Waals surface area contributed by atoms with Gasteiger partial charge in [0.15, 0.2) is 0 Å². The molecule has 3 nitrogen and oxygen atoms in total. The van der Waals surface area contributed by atoms with E-state index in [9.17, 15) is 0 Å². The van der Waals surface area contributed by atoms with Crippen LogP contribution in [0.2, 0.25) is 0 Å². The maximum atomic E-state index is 6.01. The van der Waals surface area contributed by atoms with Gasteiger partial charge in [0, 0.05) is 0 Å². The van der Waals surface area contributed by atoms with Crippen LogP contribution in [0.1, 0.15) is 18.9 Å². The SMILES string of the molecule is CCOc1cccc(OCCCc2ccccc2)c1N. The van der Waals surface area contributed by atoms with Gasteiger partial charge in [-0.3, -0.25) is 0 Å².